The summed E-state index contributed by atoms with van der Waals surface area (Å²) in [6, 6.07) is 10.8. The van der Waals surface area contributed by atoms with Crippen LogP contribution in [0.1, 0.15) is 40.9 Å². The molecule has 2 aromatic carbocycles. The normalized spacial score (nSPS) is 11.7. The lowest BCUT2D eigenvalue weighted by Crippen LogP contribution is -2.28. The highest BCUT2D eigenvalue weighted by Crippen LogP contribution is 2.26. The third-order valence-corrected chi connectivity index (χ3v) is 4.18. The minimum Gasteiger partial charge on any atom is -0.496 e. The number of hydrogen-bond donors (Lipinski definition) is 1. The number of ether oxygens (including phenoxy) is 2. The van der Waals surface area contributed by atoms with Crippen LogP contribution in [0.25, 0.3) is 0 Å². The number of halogens is 1. The van der Waals surface area contributed by atoms with Gasteiger partial charge in [-0.15, -0.1) is 0 Å². The molecule has 0 aromatic heterocycles. The molecule has 24 heavy (non-hydrogen) atoms. The van der Waals surface area contributed by atoms with Gasteiger partial charge in [-0.25, -0.2) is 0 Å². The molecule has 0 aliphatic heterocycles. The molecule has 1 N–H and O–H groups in total. The molecular formula is C19H22ClNO3. The number of amides is 1. The summed E-state index contributed by atoms with van der Waals surface area (Å²) in [6.07, 6.45) is 0.764. The van der Waals surface area contributed by atoms with Gasteiger partial charge in [-0.1, -0.05) is 30.7 Å². The second kappa shape index (κ2) is 8.06. The van der Waals surface area contributed by atoms with Gasteiger partial charge in [-0.2, -0.15) is 0 Å². The Labute approximate surface area is 147 Å². The van der Waals surface area contributed by atoms with Gasteiger partial charge in [0.25, 0.3) is 5.91 Å². The Morgan fingerprint density at radius 2 is 1.79 bits per heavy atom. The third kappa shape index (κ3) is 4.01. The Kier molecular flexibility index (Phi) is 6.10. The number of carbonyl (C=O) groups is 1. The van der Waals surface area contributed by atoms with Gasteiger partial charge in [0, 0.05) is 5.02 Å². The van der Waals surface area contributed by atoms with E-state index in [-0.39, 0.29) is 11.9 Å². The van der Waals surface area contributed by atoms with E-state index in [4.69, 9.17) is 21.1 Å². The number of nitrogens with one attached hydrogen (secondary N) is 1. The second-order valence-corrected chi connectivity index (χ2v) is 5.94. The zero-order valence-corrected chi connectivity index (χ0v) is 15.1. The van der Waals surface area contributed by atoms with E-state index in [1.807, 2.05) is 32.0 Å². The highest BCUT2D eigenvalue weighted by atomic mass is 35.5. The first-order valence-electron chi connectivity index (χ1n) is 7.79. The van der Waals surface area contributed by atoms with Crippen LogP contribution in [-0.4, -0.2) is 20.1 Å². The van der Waals surface area contributed by atoms with Crippen molar-refractivity contribution in [2.24, 2.45) is 0 Å². The van der Waals surface area contributed by atoms with Crippen molar-refractivity contribution in [1.82, 2.24) is 5.32 Å². The van der Waals surface area contributed by atoms with E-state index in [1.54, 1.807) is 25.3 Å². The summed E-state index contributed by atoms with van der Waals surface area (Å²) in [4.78, 5) is 12.7. The summed E-state index contributed by atoms with van der Waals surface area (Å²) in [5.74, 6) is 1.11. The average Bonchev–Trinajstić information content (AvgIpc) is 2.59. The van der Waals surface area contributed by atoms with Gasteiger partial charge < -0.3 is 14.8 Å². The number of carbonyl (C=O) groups excluding carboxylic acids is 1. The number of benzene rings is 2. The summed E-state index contributed by atoms with van der Waals surface area (Å²) >= 11 is 6.01. The van der Waals surface area contributed by atoms with Crippen molar-refractivity contribution in [2.45, 2.75) is 26.3 Å². The predicted molar refractivity (Wildman–Crippen MR) is 96.2 cm³/mol. The zero-order chi connectivity index (χ0) is 17.7. The van der Waals surface area contributed by atoms with Gasteiger partial charge in [-0.05, 0) is 48.7 Å². The molecule has 2 rings (SSSR count). The SMILES string of the molecule is CC[C@@H](NC(=O)c1cc(Cl)ccc1OC)c1ccc(OC)c(C)c1. The van der Waals surface area contributed by atoms with Crippen LogP contribution in [0.15, 0.2) is 36.4 Å². The van der Waals surface area contributed by atoms with Crippen LogP contribution < -0.4 is 14.8 Å². The van der Waals surface area contributed by atoms with Crippen molar-refractivity contribution in [3.05, 3.63) is 58.1 Å². The maximum atomic E-state index is 12.7. The topological polar surface area (TPSA) is 47.6 Å². The molecule has 1 amide bonds. The molecule has 5 heteroatoms. The van der Waals surface area contributed by atoms with Crippen molar-refractivity contribution in [3.63, 3.8) is 0 Å². The molecule has 1 atom stereocenters. The van der Waals surface area contributed by atoms with E-state index in [2.05, 4.69) is 5.32 Å². The molecule has 0 fully saturated rings. The van der Waals surface area contributed by atoms with Gasteiger partial charge in [0.15, 0.2) is 0 Å². The molecule has 0 aliphatic carbocycles. The quantitative estimate of drug-likeness (QED) is 0.834. The highest BCUT2D eigenvalue weighted by molar-refractivity contribution is 6.31. The predicted octanol–water partition coefficient (Wildman–Crippen LogP) is 4.55. The lowest BCUT2D eigenvalue weighted by Gasteiger charge is -2.19. The first-order valence-corrected chi connectivity index (χ1v) is 8.16. The fraction of sp³-hybridized carbons (Fsp3) is 0.316. The van der Waals surface area contributed by atoms with Crippen LogP contribution in [0.4, 0.5) is 0 Å². The van der Waals surface area contributed by atoms with Crippen LogP contribution in [0.2, 0.25) is 5.02 Å². The molecule has 4 nitrogen and oxygen atoms in total. The van der Waals surface area contributed by atoms with E-state index in [0.717, 1.165) is 23.3 Å². The molecule has 2 aromatic rings. The number of methoxy groups -OCH3 is 2. The second-order valence-electron chi connectivity index (χ2n) is 5.51. The standard InChI is InChI=1S/C19H22ClNO3/c1-5-16(13-6-8-17(23-3)12(2)10-13)21-19(22)15-11-14(20)7-9-18(15)24-4/h6-11,16H,5H2,1-4H3,(H,21,22)/t16-/m1/s1. The first kappa shape index (κ1) is 18.1. The summed E-state index contributed by atoms with van der Waals surface area (Å²) < 4.78 is 10.5. The molecular weight excluding hydrogens is 326 g/mol. The average molecular weight is 348 g/mol. The van der Waals surface area contributed by atoms with Gasteiger partial charge in [0.2, 0.25) is 0 Å². The molecule has 0 unspecified atom stereocenters. The largest absolute Gasteiger partial charge is 0.496 e. The van der Waals surface area contributed by atoms with Gasteiger partial charge >= 0.3 is 0 Å². The van der Waals surface area contributed by atoms with Crippen LogP contribution >= 0.6 is 11.6 Å². The molecule has 0 saturated carbocycles. The zero-order valence-electron chi connectivity index (χ0n) is 14.4. The Morgan fingerprint density at radius 3 is 2.38 bits per heavy atom. The van der Waals surface area contributed by atoms with Crippen molar-refractivity contribution in [2.75, 3.05) is 14.2 Å². The Balaban J connectivity index is 2.25. The Hall–Kier alpha value is -2.20. The van der Waals surface area contributed by atoms with Gasteiger partial charge in [-0.3, -0.25) is 4.79 Å². The first-order chi connectivity index (χ1) is 11.5. The van der Waals surface area contributed by atoms with Crippen molar-refractivity contribution in [3.8, 4) is 11.5 Å². The molecule has 0 radical (unpaired) electrons. The molecule has 0 aliphatic rings. The number of hydrogen-bond acceptors (Lipinski definition) is 3. The van der Waals surface area contributed by atoms with Crippen LogP contribution in [-0.2, 0) is 0 Å². The molecule has 0 bridgehead atoms. The lowest BCUT2D eigenvalue weighted by molar-refractivity contribution is 0.0932. The highest BCUT2D eigenvalue weighted by Gasteiger charge is 2.18. The Morgan fingerprint density at radius 1 is 1.12 bits per heavy atom. The summed E-state index contributed by atoms with van der Waals surface area (Å²) in [6.45, 7) is 4.01. The van der Waals surface area contributed by atoms with Crippen LogP contribution in [0.3, 0.4) is 0 Å². The van der Waals surface area contributed by atoms with Crippen LogP contribution in [0.5, 0.6) is 11.5 Å². The molecule has 128 valence electrons. The summed E-state index contributed by atoms with van der Waals surface area (Å²) in [7, 11) is 3.18. The molecule has 0 saturated heterocycles. The maximum Gasteiger partial charge on any atom is 0.255 e. The van der Waals surface area contributed by atoms with E-state index in [9.17, 15) is 4.79 Å². The summed E-state index contributed by atoms with van der Waals surface area (Å²) in [5, 5.41) is 3.54. The van der Waals surface area contributed by atoms with E-state index in [0.29, 0.717) is 16.3 Å². The van der Waals surface area contributed by atoms with Gasteiger partial charge in [0.1, 0.15) is 11.5 Å². The minimum atomic E-state index is -0.213. The number of rotatable bonds is 6. The lowest BCUT2D eigenvalue weighted by atomic mass is 10.0. The van der Waals surface area contributed by atoms with Crippen molar-refractivity contribution >= 4 is 17.5 Å². The molecule has 0 spiro atoms. The fourth-order valence-electron chi connectivity index (χ4n) is 2.63. The van der Waals surface area contributed by atoms with E-state index < -0.39 is 0 Å². The maximum absolute atomic E-state index is 12.7. The number of aryl methyl sites for hydroxylation is 1. The summed E-state index contributed by atoms with van der Waals surface area (Å²) in [5.41, 5.74) is 2.49. The Bertz CT molecular complexity index is 731. The minimum absolute atomic E-state index is 0.106. The third-order valence-electron chi connectivity index (χ3n) is 3.94. The van der Waals surface area contributed by atoms with Crippen LogP contribution in [0, 0.1) is 6.92 Å². The van der Waals surface area contributed by atoms with Crippen molar-refractivity contribution < 1.29 is 14.3 Å². The smallest absolute Gasteiger partial charge is 0.255 e. The van der Waals surface area contributed by atoms with Gasteiger partial charge in [0.05, 0.1) is 25.8 Å². The monoisotopic (exact) mass is 347 g/mol. The van der Waals surface area contributed by atoms with E-state index in [1.165, 1.54) is 7.11 Å². The van der Waals surface area contributed by atoms with Crippen molar-refractivity contribution in [1.29, 1.82) is 0 Å². The fourth-order valence-corrected chi connectivity index (χ4v) is 2.81. The van der Waals surface area contributed by atoms with E-state index >= 15 is 0 Å². The molecule has 0 heterocycles.